The van der Waals surface area contributed by atoms with Crippen molar-refractivity contribution in [2.45, 2.75) is 38.4 Å². The van der Waals surface area contributed by atoms with Gasteiger partial charge in [0.15, 0.2) is 0 Å². The van der Waals surface area contributed by atoms with Gasteiger partial charge in [0, 0.05) is 24.5 Å². The second-order valence-electron chi connectivity index (χ2n) is 6.61. The number of thioether (sulfide) groups is 1. The zero-order valence-electron chi connectivity index (χ0n) is 15.4. The van der Waals surface area contributed by atoms with Crippen molar-refractivity contribution in [3.05, 3.63) is 39.8 Å². The Morgan fingerprint density at radius 1 is 1.11 bits per heavy atom. The predicted molar refractivity (Wildman–Crippen MR) is 110 cm³/mol. The van der Waals surface area contributed by atoms with E-state index in [9.17, 15) is 9.59 Å². The molecule has 0 atom stereocenters. The lowest BCUT2D eigenvalue weighted by Gasteiger charge is -2.19. The van der Waals surface area contributed by atoms with Crippen LogP contribution in [0.1, 0.15) is 46.1 Å². The topological polar surface area (TPSA) is 75.2 Å². The van der Waals surface area contributed by atoms with Crippen molar-refractivity contribution < 1.29 is 9.59 Å². The summed E-state index contributed by atoms with van der Waals surface area (Å²) in [5.41, 5.74) is 1.87. The van der Waals surface area contributed by atoms with Gasteiger partial charge in [-0.2, -0.15) is 0 Å². The number of hydrogen-bond acceptors (Lipinski definition) is 6. The Bertz CT molecular complexity index is 768. The maximum absolute atomic E-state index is 12.3. The third kappa shape index (κ3) is 6.04. The van der Waals surface area contributed by atoms with Crippen molar-refractivity contribution in [1.29, 1.82) is 0 Å². The highest BCUT2D eigenvalue weighted by atomic mass is 32.2. The lowest BCUT2D eigenvalue weighted by Crippen LogP contribution is -2.33. The molecule has 1 fully saturated rings. The lowest BCUT2D eigenvalue weighted by atomic mass is 10.2. The highest BCUT2D eigenvalue weighted by Gasteiger charge is 2.17. The summed E-state index contributed by atoms with van der Waals surface area (Å²) in [5, 5.41) is 12.0. The number of benzene rings is 1. The van der Waals surface area contributed by atoms with Gasteiger partial charge >= 0.3 is 0 Å². The smallest absolute Gasteiger partial charge is 0.286 e. The lowest BCUT2D eigenvalue weighted by molar-refractivity contribution is -0.128. The van der Waals surface area contributed by atoms with Crippen LogP contribution in [0, 0.1) is 6.92 Å². The molecule has 6 nitrogen and oxygen atoms in total. The standard InChI is InChI=1S/C19H24N4O2S2/c1-14-6-8-15(9-7-14)20-18(25)19-22-21-16(27-19)12-26-13-17(24)23-10-4-2-3-5-11-23/h6-9H,2-5,10-13H2,1H3,(H,20,25). The highest BCUT2D eigenvalue weighted by molar-refractivity contribution is 7.99. The highest BCUT2D eigenvalue weighted by Crippen LogP contribution is 2.19. The second kappa shape index (κ2) is 9.85. The van der Waals surface area contributed by atoms with Crippen LogP contribution in [0.4, 0.5) is 5.69 Å². The fourth-order valence-electron chi connectivity index (χ4n) is 2.86. The molecular weight excluding hydrogens is 380 g/mol. The third-order valence-electron chi connectivity index (χ3n) is 4.38. The first kappa shape index (κ1) is 19.8. The van der Waals surface area contributed by atoms with E-state index in [2.05, 4.69) is 15.5 Å². The predicted octanol–water partition coefficient (Wildman–Crippen LogP) is 3.73. The van der Waals surface area contributed by atoms with Gasteiger partial charge in [0.05, 0.1) is 5.75 Å². The first-order valence-electron chi connectivity index (χ1n) is 9.18. The molecule has 144 valence electrons. The number of hydrogen-bond donors (Lipinski definition) is 1. The number of likely N-dealkylation sites (tertiary alicyclic amines) is 1. The van der Waals surface area contributed by atoms with Crippen LogP contribution in [0.15, 0.2) is 24.3 Å². The maximum atomic E-state index is 12.3. The minimum Gasteiger partial charge on any atom is -0.342 e. The molecule has 1 aliphatic rings. The molecule has 27 heavy (non-hydrogen) atoms. The van der Waals surface area contributed by atoms with E-state index < -0.39 is 0 Å². The van der Waals surface area contributed by atoms with E-state index in [4.69, 9.17) is 0 Å². The van der Waals surface area contributed by atoms with Gasteiger partial charge in [0.1, 0.15) is 5.01 Å². The Balaban J connectivity index is 1.45. The Labute approximate surface area is 167 Å². The van der Waals surface area contributed by atoms with E-state index in [1.807, 2.05) is 36.1 Å². The largest absolute Gasteiger partial charge is 0.342 e. The Kier molecular flexibility index (Phi) is 7.23. The van der Waals surface area contributed by atoms with Crippen LogP contribution in [-0.2, 0) is 10.5 Å². The molecule has 3 rings (SSSR count). The van der Waals surface area contributed by atoms with Gasteiger partial charge < -0.3 is 10.2 Å². The van der Waals surface area contributed by atoms with Gasteiger partial charge in [0.25, 0.3) is 5.91 Å². The molecule has 0 aliphatic carbocycles. The number of rotatable bonds is 6. The Hall–Kier alpha value is -1.93. The maximum Gasteiger partial charge on any atom is 0.286 e. The van der Waals surface area contributed by atoms with Crippen LogP contribution in [0.5, 0.6) is 0 Å². The molecule has 2 heterocycles. The van der Waals surface area contributed by atoms with Gasteiger partial charge in [-0.05, 0) is 31.9 Å². The van der Waals surface area contributed by atoms with Crippen molar-refractivity contribution >= 4 is 40.6 Å². The van der Waals surface area contributed by atoms with Crippen LogP contribution in [0.25, 0.3) is 0 Å². The number of carbonyl (C=O) groups is 2. The molecule has 8 heteroatoms. The SMILES string of the molecule is Cc1ccc(NC(=O)c2nnc(CSCC(=O)N3CCCCCC3)s2)cc1. The zero-order valence-corrected chi connectivity index (χ0v) is 17.1. The number of carbonyl (C=O) groups excluding carboxylic acids is 2. The molecule has 1 aromatic carbocycles. The van der Waals surface area contributed by atoms with E-state index >= 15 is 0 Å². The number of nitrogens with one attached hydrogen (secondary N) is 1. The van der Waals surface area contributed by atoms with Gasteiger partial charge in [-0.3, -0.25) is 9.59 Å². The normalized spacial score (nSPS) is 14.6. The summed E-state index contributed by atoms with van der Waals surface area (Å²) in [4.78, 5) is 26.5. The van der Waals surface area contributed by atoms with E-state index in [0.717, 1.165) is 42.2 Å². The van der Waals surface area contributed by atoms with Crippen LogP contribution in [0.2, 0.25) is 0 Å². The van der Waals surface area contributed by atoms with Crippen LogP contribution < -0.4 is 5.32 Å². The molecule has 1 aliphatic heterocycles. The van der Waals surface area contributed by atoms with Crippen molar-refractivity contribution in [2.24, 2.45) is 0 Å². The van der Waals surface area contributed by atoms with Gasteiger partial charge in [-0.25, -0.2) is 0 Å². The molecular formula is C19H24N4O2S2. The molecule has 1 N–H and O–H groups in total. The molecule has 0 spiro atoms. The van der Waals surface area contributed by atoms with Crippen molar-refractivity contribution in [3.8, 4) is 0 Å². The minimum absolute atomic E-state index is 0.198. The van der Waals surface area contributed by atoms with Crippen molar-refractivity contribution in [2.75, 3.05) is 24.2 Å². The summed E-state index contributed by atoms with van der Waals surface area (Å²) in [6, 6.07) is 7.61. The monoisotopic (exact) mass is 404 g/mol. The van der Waals surface area contributed by atoms with E-state index in [-0.39, 0.29) is 11.8 Å². The third-order valence-corrected chi connectivity index (χ3v) is 6.41. The average molecular weight is 405 g/mol. The molecule has 0 bridgehead atoms. The van der Waals surface area contributed by atoms with Gasteiger partial charge in [-0.15, -0.1) is 22.0 Å². The Morgan fingerprint density at radius 3 is 2.52 bits per heavy atom. The van der Waals surface area contributed by atoms with Crippen molar-refractivity contribution in [1.82, 2.24) is 15.1 Å². The molecule has 0 unspecified atom stereocenters. The summed E-state index contributed by atoms with van der Waals surface area (Å²) in [6.07, 6.45) is 4.64. The number of nitrogens with zero attached hydrogens (tertiary/aromatic N) is 3. The summed E-state index contributed by atoms with van der Waals surface area (Å²) < 4.78 is 0. The first-order chi connectivity index (χ1) is 13.1. The fourth-order valence-corrected chi connectivity index (χ4v) is 4.57. The van der Waals surface area contributed by atoms with Crippen LogP contribution in [-0.4, -0.2) is 45.8 Å². The van der Waals surface area contributed by atoms with Crippen LogP contribution in [0.3, 0.4) is 0 Å². The van der Waals surface area contributed by atoms with E-state index in [1.165, 1.54) is 35.9 Å². The molecule has 1 aromatic heterocycles. The molecule has 2 amide bonds. The zero-order chi connectivity index (χ0) is 19.1. The van der Waals surface area contributed by atoms with Crippen LogP contribution >= 0.6 is 23.1 Å². The number of anilines is 1. The average Bonchev–Trinajstić information content (AvgIpc) is 2.97. The molecule has 1 saturated heterocycles. The number of amides is 2. The first-order valence-corrected chi connectivity index (χ1v) is 11.1. The van der Waals surface area contributed by atoms with E-state index in [1.54, 1.807) is 0 Å². The summed E-state index contributed by atoms with van der Waals surface area (Å²) in [7, 11) is 0. The summed E-state index contributed by atoms with van der Waals surface area (Å²) >= 11 is 2.80. The number of aryl methyl sites for hydroxylation is 1. The molecule has 2 aromatic rings. The minimum atomic E-state index is -0.256. The quantitative estimate of drug-likeness (QED) is 0.794. The second-order valence-corrected chi connectivity index (χ2v) is 8.66. The van der Waals surface area contributed by atoms with Gasteiger partial charge in [0.2, 0.25) is 10.9 Å². The fraction of sp³-hybridized carbons (Fsp3) is 0.474. The van der Waals surface area contributed by atoms with Gasteiger partial charge in [-0.1, -0.05) is 41.9 Å². The van der Waals surface area contributed by atoms with E-state index in [0.29, 0.717) is 16.5 Å². The molecule has 0 radical (unpaired) electrons. The molecule has 0 saturated carbocycles. The van der Waals surface area contributed by atoms with Crippen molar-refractivity contribution in [3.63, 3.8) is 0 Å². The summed E-state index contributed by atoms with van der Waals surface area (Å²) in [6.45, 7) is 3.75. The Morgan fingerprint density at radius 2 is 1.81 bits per heavy atom. The number of aromatic nitrogens is 2. The summed E-state index contributed by atoms with van der Waals surface area (Å²) in [5.74, 6) is 0.983.